The lowest BCUT2D eigenvalue weighted by atomic mass is 10.1. The van der Waals surface area contributed by atoms with Crippen molar-refractivity contribution in [2.24, 2.45) is 0 Å². The first-order valence-corrected chi connectivity index (χ1v) is 8.56. The van der Waals surface area contributed by atoms with Crippen molar-refractivity contribution in [3.05, 3.63) is 77.9 Å². The van der Waals surface area contributed by atoms with Gasteiger partial charge in [0.1, 0.15) is 5.75 Å². The van der Waals surface area contributed by atoms with Crippen LogP contribution in [0.2, 0.25) is 0 Å². The molecule has 0 saturated heterocycles. The molecule has 0 spiro atoms. The van der Waals surface area contributed by atoms with E-state index in [9.17, 15) is 9.90 Å². The number of methoxy groups -OCH3 is 1. The van der Waals surface area contributed by atoms with Crippen molar-refractivity contribution >= 4 is 27.8 Å². The largest absolute Gasteiger partial charge is 0.507 e. The SMILES string of the molecule is COC(=O)c1cccc2c1c1c(O)cccc1n2CCc1ccccc1. The number of esters is 1. The molecule has 4 heteroatoms. The Hall–Kier alpha value is -3.27. The molecule has 0 unspecified atom stereocenters. The van der Waals surface area contributed by atoms with Crippen molar-refractivity contribution in [3.8, 4) is 5.75 Å². The highest BCUT2D eigenvalue weighted by Crippen LogP contribution is 2.37. The van der Waals surface area contributed by atoms with Gasteiger partial charge in [0, 0.05) is 11.9 Å². The van der Waals surface area contributed by atoms with E-state index in [0.717, 1.165) is 29.4 Å². The summed E-state index contributed by atoms with van der Waals surface area (Å²) in [7, 11) is 1.37. The molecular weight excluding hydrogens is 326 g/mol. The first-order chi connectivity index (χ1) is 12.7. The smallest absolute Gasteiger partial charge is 0.338 e. The average molecular weight is 345 g/mol. The lowest BCUT2D eigenvalue weighted by Gasteiger charge is -2.08. The molecule has 4 rings (SSSR count). The van der Waals surface area contributed by atoms with Crippen LogP contribution in [-0.2, 0) is 17.7 Å². The molecular formula is C22H19NO3. The van der Waals surface area contributed by atoms with Gasteiger partial charge in [0.25, 0.3) is 0 Å². The number of rotatable bonds is 4. The molecule has 0 aliphatic carbocycles. The van der Waals surface area contributed by atoms with Crippen LogP contribution in [0.5, 0.6) is 5.75 Å². The van der Waals surface area contributed by atoms with Crippen molar-refractivity contribution in [1.29, 1.82) is 0 Å². The number of carbonyl (C=O) groups excluding carboxylic acids is 1. The minimum atomic E-state index is -0.402. The second-order valence-electron chi connectivity index (χ2n) is 6.25. The molecule has 3 aromatic carbocycles. The van der Waals surface area contributed by atoms with Crippen molar-refractivity contribution in [3.63, 3.8) is 0 Å². The fourth-order valence-corrected chi connectivity index (χ4v) is 3.57. The summed E-state index contributed by atoms with van der Waals surface area (Å²) in [5.41, 5.74) is 3.54. The van der Waals surface area contributed by atoms with Crippen molar-refractivity contribution in [1.82, 2.24) is 4.57 Å². The van der Waals surface area contributed by atoms with Crippen molar-refractivity contribution < 1.29 is 14.6 Å². The monoisotopic (exact) mass is 345 g/mol. The van der Waals surface area contributed by atoms with Crippen molar-refractivity contribution in [2.45, 2.75) is 13.0 Å². The second-order valence-corrected chi connectivity index (χ2v) is 6.25. The van der Waals surface area contributed by atoms with Gasteiger partial charge in [-0.15, -0.1) is 0 Å². The van der Waals surface area contributed by atoms with E-state index in [2.05, 4.69) is 16.7 Å². The number of carbonyl (C=O) groups is 1. The van der Waals surface area contributed by atoms with Crippen LogP contribution in [0.25, 0.3) is 21.8 Å². The first kappa shape index (κ1) is 16.2. The minimum Gasteiger partial charge on any atom is -0.507 e. The average Bonchev–Trinajstić information content (AvgIpc) is 3.01. The highest BCUT2D eigenvalue weighted by atomic mass is 16.5. The summed E-state index contributed by atoms with van der Waals surface area (Å²) in [5.74, 6) is -0.233. The number of aryl methyl sites for hydroxylation is 2. The molecule has 0 bridgehead atoms. The Balaban J connectivity index is 1.94. The highest BCUT2D eigenvalue weighted by molar-refractivity contribution is 6.18. The Morgan fingerprint density at radius 3 is 2.35 bits per heavy atom. The molecule has 0 radical (unpaired) electrons. The first-order valence-electron chi connectivity index (χ1n) is 8.56. The molecule has 130 valence electrons. The lowest BCUT2D eigenvalue weighted by molar-refractivity contribution is 0.0603. The fourth-order valence-electron chi connectivity index (χ4n) is 3.57. The van der Waals surface area contributed by atoms with E-state index in [4.69, 9.17) is 4.74 Å². The maximum absolute atomic E-state index is 12.3. The molecule has 0 fully saturated rings. The van der Waals surface area contributed by atoms with Crippen molar-refractivity contribution in [2.75, 3.05) is 7.11 Å². The number of benzene rings is 3. The molecule has 0 aliphatic rings. The Bertz CT molecular complexity index is 1100. The van der Waals surface area contributed by atoms with Gasteiger partial charge in [0.15, 0.2) is 0 Å². The normalized spacial score (nSPS) is 11.1. The van der Waals surface area contributed by atoms with E-state index in [-0.39, 0.29) is 5.75 Å². The molecule has 0 atom stereocenters. The summed E-state index contributed by atoms with van der Waals surface area (Å²) in [6, 6.07) is 21.3. The van der Waals surface area contributed by atoms with Crippen LogP contribution in [0.3, 0.4) is 0 Å². The van der Waals surface area contributed by atoms with Gasteiger partial charge in [0.2, 0.25) is 0 Å². The molecule has 0 amide bonds. The predicted molar refractivity (Wildman–Crippen MR) is 103 cm³/mol. The van der Waals surface area contributed by atoms with Crippen LogP contribution in [0, 0.1) is 0 Å². The third kappa shape index (κ3) is 2.60. The maximum Gasteiger partial charge on any atom is 0.338 e. The zero-order chi connectivity index (χ0) is 18.1. The number of hydrogen-bond acceptors (Lipinski definition) is 3. The van der Waals surface area contributed by atoms with E-state index in [1.165, 1.54) is 12.7 Å². The van der Waals surface area contributed by atoms with E-state index >= 15 is 0 Å². The molecule has 1 N–H and O–H groups in total. The molecule has 0 saturated carbocycles. The maximum atomic E-state index is 12.3. The molecule has 4 aromatic rings. The van der Waals surface area contributed by atoms with Gasteiger partial charge < -0.3 is 14.4 Å². The minimum absolute atomic E-state index is 0.169. The Labute approximate surface area is 151 Å². The zero-order valence-electron chi connectivity index (χ0n) is 14.5. The molecule has 1 aromatic heterocycles. The van der Waals surface area contributed by atoms with E-state index < -0.39 is 5.97 Å². The number of fused-ring (bicyclic) bond motifs is 3. The Morgan fingerprint density at radius 1 is 0.923 bits per heavy atom. The zero-order valence-corrected chi connectivity index (χ0v) is 14.5. The van der Waals surface area contributed by atoms with Gasteiger partial charge in [-0.3, -0.25) is 0 Å². The Kier molecular flexibility index (Phi) is 4.09. The fraction of sp³-hybridized carbons (Fsp3) is 0.136. The second kappa shape index (κ2) is 6.56. The van der Waals surface area contributed by atoms with Gasteiger partial charge >= 0.3 is 5.97 Å². The lowest BCUT2D eigenvalue weighted by Crippen LogP contribution is -2.03. The number of ether oxygens (including phenoxy) is 1. The van der Waals surface area contributed by atoms with Crippen LogP contribution in [0.15, 0.2) is 66.7 Å². The number of phenols is 1. The third-order valence-corrected chi connectivity index (χ3v) is 4.77. The van der Waals surface area contributed by atoms with Gasteiger partial charge in [0.05, 0.1) is 29.1 Å². The summed E-state index contributed by atoms with van der Waals surface area (Å²) >= 11 is 0. The number of phenolic OH excluding ortho intramolecular Hbond substituents is 1. The van der Waals surface area contributed by atoms with E-state index in [0.29, 0.717) is 10.9 Å². The molecule has 26 heavy (non-hydrogen) atoms. The summed E-state index contributed by atoms with van der Waals surface area (Å²) in [5, 5.41) is 11.9. The quantitative estimate of drug-likeness (QED) is 0.553. The molecule has 0 aliphatic heterocycles. The number of aromatic nitrogens is 1. The van der Waals surface area contributed by atoms with Gasteiger partial charge in [-0.1, -0.05) is 42.5 Å². The van der Waals surface area contributed by atoms with Gasteiger partial charge in [-0.25, -0.2) is 4.79 Å². The summed E-state index contributed by atoms with van der Waals surface area (Å²) in [4.78, 5) is 12.3. The molecule has 4 nitrogen and oxygen atoms in total. The Morgan fingerprint density at radius 2 is 1.62 bits per heavy atom. The van der Waals surface area contributed by atoms with Crippen LogP contribution in [0.1, 0.15) is 15.9 Å². The van der Waals surface area contributed by atoms with Crippen LogP contribution >= 0.6 is 0 Å². The topological polar surface area (TPSA) is 51.5 Å². The summed E-state index contributed by atoms with van der Waals surface area (Å²) < 4.78 is 7.10. The third-order valence-electron chi connectivity index (χ3n) is 4.77. The summed E-state index contributed by atoms with van der Waals surface area (Å²) in [6.45, 7) is 0.748. The van der Waals surface area contributed by atoms with E-state index in [1.807, 2.05) is 42.5 Å². The number of nitrogens with zero attached hydrogens (tertiary/aromatic N) is 1. The van der Waals surface area contributed by atoms with Crippen LogP contribution in [0.4, 0.5) is 0 Å². The standard InChI is InChI=1S/C22H19NO3/c1-26-22(25)16-9-5-10-17-20(16)21-18(11-6-12-19(21)24)23(17)14-13-15-7-3-2-4-8-15/h2-12,24H,13-14H2,1H3. The highest BCUT2D eigenvalue weighted by Gasteiger charge is 2.19. The van der Waals surface area contributed by atoms with E-state index in [1.54, 1.807) is 12.1 Å². The number of aromatic hydroxyl groups is 1. The predicted octanol–water partition coefficient (Wildman–Crippen LogP) is 4.53. The van der Waals surface area contributed by atoms with Gasteiger partial charge in [-0.2, -0.15) is 0 Å². The summed E-state index contributed by atoms with van der Waals surface area (Å²) in [6.07, 6.45) is 0.859. The number of hydrogen-bond donors (Lipinski definition) is 1. The molecule has 1 heterocycles. The van der Waals surface area contributed by atoms with Gasteiger partial charge in [-0.05, 0) is 36.2 Å². The van der Waals surface area contributed by atoms with Crippen LogP contribution < -0.4 is 0 Å². The van der Waals surface area contributed by atoms with Crippen LogP contribution in [-0.4, -0.2) is 22.8 Å².